The molecule has 1 aromatic heterocycles. The standard InChI is InChI=1S/C19H12F3N5O/c20-19(21,22)13-6-4-5-12(9-13)11-25-16-15(10-23)26-18(28)27(17(16)24)14-7-2-1-3-8-14/h1-9,11H,24H2. The maximum Gasteiger partial charge on any atom is 0.416 e. The van der Waals surface area contributed by atoms with Crippen molar-refractivity contribution in [2.45, 2.75) is 6.18 Å². The zero-order valence-corrected chi connectivity index (χ0v) is 14.2. The van der Waals surface area contributed by atoms with Crippen molar-refractivity contribution in [1.82, 2.24) is 9.55 Å². The van der Waals surface area contributed by atoms with Crippen LogP contribution in [0.1, 0.15) is 16.8 Å². The number of alkyl halides is 3. The molecule has 3 rings (SSSR count). The molecule has 0 saturated heterocycles. The molecule has 0 aliphatic carbocycles. The quantitative estimate of drug-likeness (QED) is 0.701. The van der Waals surface area contributed by atoms with Crippen molar-refractivity contribution in [3.8, 4) is 11.8 Å². The van der Waals surface area contributed by atoms with Crippen LogP contribution in [0, 0.1) is 11.3 Å². The predicted molar refractivity (Wildman–Crippen MR) is 97.7 cm³/mol. The number of nitrogen functional groups attached to an aromatic ring is 1. The highest BCUT2D eigenvalue weighted by Crippen LogP contribution is 2.30. The lowest BCUT2D eigenvalue weighted by atomic mass is 10.1. The molecule has 0 aliphatic heterocycles. The Kier molecular flexibility index (Phi) is 4.96. The van der Waals surface area contributed by atoms with Crippen LogP contribution in [0.15, 0.2) is 64.4 Å². The number of nitriles is 1. The number of nitrogens with two attached hydrogens (primary N) is 1. The molecule has 0 fully saturated rings. The first-order valence-electron chi connectivity index (χ1n) is 7.90. The summed E-state index contributed by atoms with van der Waals surface area (Å²) in [6, 6.07) is 14.6. The Morgan fingerprint density at radius 2 is 1.86 bits per heavy atom. The van der Waals surface area contributed by atoms with Gasteiger partial charge in [0.05, 0.1) is 11.3 Å². The van der Waals surface area contributed by atoms with Crippen LogP contribution in [-0.4, -0.2) is 15.8 Å². The van der Waals surface area contributed by atoms with Gasteiger partial charge in [-0.25, -0.2) is 14.4 Å². The molecular weight excluding hydrogens is 371 g/mol. The van der Waals surface area contributed by atoms with Gasteiger partial charge in [0.15, 0.2) is 5.69 Å². The third kappa shape index (κ3) is 3.76. The molecule has 28 heavy (non-hydrogen) atoms. The van der Waals surface area contributed by atoms with Gasteiger partial charge in [0.25, 0.3) is 0 Å². The van der Waals surface area contributed by atoms with E-state index < -0.39 is 17.4 Å². The summed E-state index contributed by atoms with van der Waals surface area (Å²) in [7, 11) is 0. The highest BCUT2D eigenvalue weighted by molar-refractivity contribution is 5.84. The van der Waals surface area contributed by atoms with E-state index in [-0.39, 0.29) is 22.8 Å². The zero-order valence-electron chi connectivity index (χ0n) is 14.2. The molecule has 0 radical (unpaired) electrons. The van der Waals surface area contributed by atoms with Gasteiger partial charge < -0.3 is 5.73 Å². The first-order valence-corrected chi connectivity index (χ1v) is 7.90. The monoisotopic (exact) mass is 383 g/mol. The van der Waals surface area contributed by atoms with Crippen LogP contribution in [0.4, 0.5) is 24.7 Å². The van der Waals surface area contributed by atoms with E-state index in [9.17, 15) is 23.2 Å². The van der Waals surface area contributed by atoms with Crippen molar-refractivity contribution < 1.29 is 13.2 Å². The lowest BCUT2D eigenvalue weighted by Gasteiger charge is -2.11. The molecule has 9 heteroatoms. The summed E-state index contributed by atoms with van der Waals surface area (Å²) in [5, 5.41) is 9.24. The lowest BCUT2D eigenvalue weighted by Crippen LogP contribution is -2.25. The third-order valence-corrected chi connectivity index (χ3v) is 3.78. The first-order chi connectivity index (χ1) is 13.3. The fourth-order valence-electron chi connectivity index (χ4n) is 2.50. The van der Waals surface area contributed by atoms with Gasteiger partial charge in [-0.3, -0.25) is 0 Å². The summed E-state index contributed by atoms with van der Waals surface area (Å²) < 4.78 is 39.6. The third-order valence-electron chi connectivity index (χ3n) is 3.78. The van der Waals surface area contributed by atoms with Crippen LogP contribution >= 0.6 is 0 Å². The number of hydrogen-bond acceptors (Lipinski definition) is 5. The molecule has 0 spiro atoms. The minimum Gasteiger partial charge on any atom is -0.383 e. The molecular formula is C19H12F3N5O. The van der Waals surface area contributed by atoms with E-state index in [0.29, 0.717) is 5.69 Å². The molecule has 0 amide bonds. The summed E-state index contributed by atoms with van der Waals surface area (Å²) >= 11 is 0. The van der Waals surface area contributed by atoms with Crippen LogP contribution in [0.3, 0.4) is 0 Å². The molecule has 0 unspecified atom stereocenters. The number of anilines is 1. The molecule has 140 valence electrons. The minimum absolute atomic E-state index is 0.108. The van der Waals surface area contributed by atoms with E-state index >= 15 is 0 Å². The van der Waals surface area contributed by atoms with E-state index in [1.165, 1.54) is 12.1 Å². The number of aromatic nitrogens is 2. The van der Waals surface area contributed by atoms with Crippen molar-refractivity contribution >= 4 is 17.7 Å². The molecule has 0 atom stereocenters. The Morgan fingerprint density at radius 3 is 2.50 bits per heavy atom. The Labute approximate surface area is 157 Å². The second kappa shape index (κ2) is 7.36. The number of rotatable bonds is 3. The number of nitrogens with zero attached hydrogens (tertiary/aromatic N) is 4. The second-order valence-corrected chi connectivity index (χ2v) is 5.64. The Bertz CT molecular complexity index is 1140. The van der Waals surface area contributed by atoms with Crippen LogP contribution in [0.2, 0.25) is 0 Å². The van der Waals surface area contributed by atoms with Gasteiger partial charge >= 0.3 is 11.9 Å². The first kappa shape index (κ1) is 18.8. The SMILES string of the molecule is N#Cc1nc(=O)n(-c2ccccc2)c(N)c1N=Cc1cccc(C(F)(F)F)c1. The molecule has 3 aromatic rings. The smallest absolute Gasteiger partial charge is 0.383 e. The average Bonchev–Trinajstić information content (AvgIpc) is 2.67. The topological polar surface area (TPSA) is 97.1 Å². The van der Waals surface area contributed by atoms with Crippen LogP contribution in [0.5, 0.6) is 0 Å². The highest BCUT2D eigenvalue weighted by Gasteiger charge is 2.30. The van der Waals surface area contributed by atoms with Gasteiger partial charge in [0.2, 0.25) is 0 Å². The van der Waals surface area contributed by atoms with Gasteiger partial charge in [0.1, 0.15) is 17.6 Å². The molecule has 0 aliphatic rings. The largest absolute Gasteiger partial charge is 0.416 e. The summed E-state index contributed by atoms with van der Waals surface area (Å²) in [5.74, 6) is -0.147. The summed E-state index contributed by atoms with van der Waals surface area (Å²) in [6.07, 6.45) is -3.37. The molecule has 0 bridgehead atoms. The number of benzene rings is 2. The van der Waals surface area contributed by atoms with Gasteiger partial charge in [-0.05, 0) is 29.8 Å². The minimum atomic E-state index is -4.50. The molecule has 6 nitrogen and oxygen atoms in total. The van der Waals surface area contributed by atoms with Gasteiger partial charge in [-0.1, -0.05) is 30.3 Å². The van der Waals surface area contributed by atoms with E-state index in [0.717, 1.165) is 22.9 Å². The van der Waals surface area contributed by atoms with E-state index in [2.05, 4.69) is 9.98 Å². The highest BCUT2D eigenvalue weighted by atomic mass is 19.4. The Balaban J connectivity index is 2.11. The number of para-hydroxylation sites is 1. The maximum absolute atomic E-state index is 12.8. The van der Waals surface area contributed by atoms with Crippen LogP contribution in [0.25, 0.3) is 5.69 Å². The van der Waals surface area contributed by atoms with Crippen molar-refractivity contribution in [1.29, 1.82) is 5.26 Å². The molecule has 2 N–H and O–H groups in total. The molecule has 2 aromatic carbocycles. The summed E-state index contributed by atoms with van der Waals surface area (Å²) in [5.41, 5.74) is 4.57. The number of hydrogen-bond donors (Lipinski definition) is 1. The van der Waals surface area contributed by atoms with Crippen molar-refractivity contribution in [2.24, 2.45) is 4.99 Å². The Hall–Kier alpha value is -3.93. The zero-order chi connectivity index (χ0) is 20.3. The second-order valence-electron chi connectivity index (χ2n) is 5.64. The number of halogens is 3. The van der Waals surface area contributed by atoms with Crippen molar-refractivity contribution in [2.75, 3.05) is 5.73 Å². The van der Waals surface area contributed by atoms with Gasteiger partial charge in [0, 0.05) is 6.21 Å². The average molecular weight is 383 g/mol. The van der Waals surface area contributed by atoms with Crippen molar-refractivity contribution in [3.63, 3.8) is 0 Å². The predicted octanol–water partition coefficient (Wildman–Crippen LogP) is 3.46. The molecule has 1 heterocycles. The summed E-state index contributed by atoms with van der Waals surface area (Å²) in [6.45, 7) is 0. The van der Waals surface area contributed by atoms with E-state index in [4.69, 9.17) is 5.73 Å². The normalized spacial score (nSPS) is 11.5. The van der Waals surface area contributed by atoms with Gasteiger partial charge in [-0.2, -0.15) is 23.4 Å². The van der Waals surface area contributed by atoms with Crippen molar-refractivity contribution in [3.05, 3.63) is 81.9 Å². The van der Waals surface area contributed by atoms with E-state index in [1.807, 2.05) is 0 Å². The fraction of sp³-hybridized carbons (Fsp3) is 0.0526. The van der Waals surface area contributed by atoms with Gasteiger partial charge in [-0.15, -0.1) is 0 Å². The molecule has 0 saturated carbocycles. The van der Waals surface area contributed by atoms with Crippen LogP contribution in [-0.2, 0) is 6.18 Å². The summed E-state index contributed by atoms with van der Waals surface area (Å²) in [4.78, 5) is 20.0. The van der Waals surface area contributed by atoms with E-state index in [1.54, 1.807) is 36.4 Å². The fourth-order valence-corrected chi connectivity index (χ4v) is 2.50. The lowest BCUT2D eigenvalue weighted by molar-refractivity contribution is -0.137. The number of aliphatic imine (C=N–C) groups is 1. The maximum atomic E-state index is 12.8. The Morgan fingerprint density at radius 1 is 1.14 bits per heavy atom. The van der Waals surface area contributed by atoms with Crippen LogP contribution < -0.4 is 11.4 Å².